The number of carbonyl (C=O) groups excluding carboxylic acids is 3. The Morgan fingerprint density at radius 3 is 2.28 bits per heavy atom. The van der Waals surface area contributed by atoms with Crippen molar-refractivity contribution < 1.29 is 38.1 Å². The summed E-state index contributed by atoms with van der Waals surface area (Å²) in [5.74, 6) is 0.813. The number of benzene rings is 2. The first-order valence-corrected chi connectivity index (χ1v) is 24.4. The van der Waals surface area contributed by atoms with Gasteiger partial charge in [-0.2, -0.15) is 0 Å². The molecule has 5 N–H and O–H groups in total. The van der Waals surface area contributed by atoms with E-state index in [4.69, 9.17) is 24.2 Å². The van der Waals surface area contributed by atoms with Crippen LogP contribution in [0.3, 0.4) is 0 Å². The van der Waals surface area contributed by atoms with E-state index >= 15 is 4.39 Å². The molecule has 360 valence electrons. The fourth-order valence-electron chi connectivity index (χ4n) is 10.1. The average Bonchev–Trinajstić information content (AvgIpc) is 4.19. The molecule has 2 unspecified atom stereocenters. The standard InChI is InChI=1S/C50H60FN9O7S/c1-8-11-31-15-17-40(68-31)48-60-35-16-14-28(33-24-52-44(54-33)36-12-9-18-58(36)46(61)42(26(2)3)56-49(63)65-6)20-30(35)22-38(60)41-32(51)21-29(23-39(41)67-48)34-25-53-45(55-34)37-13-10-19-59(37)47(62)43(27(4)5)57-50(64)66-7/h14-17,20-27,36-37,42-43,46,48,61H,8-13,18-19H2,1-7H3,(H,52,54)(H,53,55)(H,56,63)(H,57,64)/t36-,37-,42-,43-,46?,48?/m0/s1. The third-order valence-corrected chi connectivity index (χ3v) is 14.7. The van der Waals surface area contributed by atoms with Crippen LogP contribution in [0.4, 0.5) is 14.0 Å². The van der Waals surface area contributed by atoms with Crippen molar-refractivity contribution in [3.8, 4) is 39.5 Å². The Morgan fingerprint density at radius 1 is 0.882 bits per heavy atom. The fourth-order valence-corrected chi connectivity index (χ4v) is 11.2. The molecule has 6 atom stereocenters. The molecule has 4 aromatic heterocycles. The van der Waals surface area contributed by atoms with Crippen molar-refractivity contribution in [2.45, 2.75) is 110 Å². The number of hydrogen-bond donors (Lipinski definition) is 5. The second-order valence-corrected chi connectivity index (χ2v) is 19.9. The SMILES string of the molecule is CCCc1ccc(C2Oc3cc(-c4cnc([C@@H]5CCCN5C(=O)[C@@H](NC(=O)OC)C(C)C)[nH]4)cc(F)c3-c3cc4cc(-c5cnc([C@@H]6CCCN6C(O)[C@@H](NC(=O)OC)C(C)C)[nH]5)ccc4n32)s1. The van der Waals surface area contributed by atoms with Gasteiger partial charge in [0.2, 0.25) is 12.1 Å². The van der Waals surface area contributed by atoms with Gasteiger partial charge >= 0.3 is 12.2 Å². The first kappa shape index (κ1) is 46.9. The highest BCUT2D eigenvalue weighted by molar-refractivity contribution is 7.12. The fraction of sp³-hybridized carbons (Fsp3) is 0.460. The molecule has 6 aromatic rings. The molecule has 0 bridgehead atoms. The van der Waals surface area contributed by atoms with Crippen LogP contribution < -0.4 is 15.4 Å². The number of halogens is 1. The smallest absolute Gasteiger partial charge is 0.407 e. The number of aromatic amines is 2. The van der Waals surface area contributed by atoms with Crippen LogP contribution >= 0.6 is 11.3 Å². The normalized spacial score (nSPS) is 19.5. The number of H-pyrrole nitrogens is 2. The molecule has 0 aliphatic carbocycles. The maximum Gasteiger partial charge on any atom is 0.407 e. The number of rotatable bonds is 14. The van der Waals surface area contributed by atoms with Crippen molar-refractivity contribution in [2.75, 3.05) is 27.3 Å². The third kappa shape index (κ3) is 8.84. The molecule has 3 amide bonds. The van der Waals surface area contributed by atoms with Crippen LogP contribution in [0, 0.1) is 17.7 Å². The van der Waals surface area contributed by atoms with Gasteiger partial charge in [0.05, 0.1) is 77.8 Å². The van der Waals surface area contributed by atoms with Gasteiger partial charge in [-0.15, -0.1) is 11.3 Å². The number of thiophene rings is 1. The highest BCUT2D eigenvalue weighted by Crippen LogP contribution is 2.48. The molecule has 2 fully saturated rings. The van der Waals surface area contributed by atoms with Crippen LogP contribution in [0.25, 0.3) is 44.7 Å². The number of ether oxygens (including phenoxy) is 3. The van der Waals surface area contributed by atoms with Crippen LogP contribution in [0.1, 0.15) is 106 Å². The number of aliphatic hydroxyl groups is 1. The second kappa shape index (κ2) is 19.4. The molecule has 16 nitrogen and oxygen atoms in total. The van der Waals surface area contributed by atoms with Crippen molar-refractivity contribution in [3.05, 3.63) is 88.1 Å². The number of nitrogens with one attached hydrogen (secondary N) is 4. The average molecular weight is 950 g/mol. The summed E-state index contributed by atoms with van der Waals surface area (Å²) in [5.41, 5.74) is 4.74. The Labute approximate surface area is 398 Å². The van der Waals surface area contributed by atoms with Gasteiger partial charge in [0.1, 0.15) is 35.5 Å². The number of nitrogens with zero attached hydrogens (tertiary/aromatic N) is 5. The molecule has 0 saturated carbocycles. The van der Waals surface area contributed by atoms with Crippen LogP contribution in [-0.4, -0.2) is 103 Å². The number of imidazole rings is 2. The van der Waals surface area contributed by atoms with Gasteiger partial charge in [-0.25, -0.2) is 23.9 Å². The molecule has 3 aliphatic heterocycles. The highest BCUT2D eigenvalue weighted by atomic mass is 32.1. The Hall–Kier alpha value is -6.24. The lowest BCUT2D eigenvalue weighted by atomic mass is 10.0. The number of carbonyl (C=O) groups is 3. The van der Waals surface area contributed by atoms with Crippen molar-refractivity contribution in [1.29, 1.82) is 0 Å². The maximum absolute atomic E-state index is 16.9. The minimum Gasteiger partial charge on any atom is -0.464 e. The molecular weight excluding hydrogens is 890 g/mol. The quantitative estimate of drug-likeness (QED) is 0.0704. The second-order valence-electron chi connectivity index (χ2n) is 18.7. The first-order chi connectivity index (χ1) is 32.8. The Kier molecular flexibility index (Phi) is 13.4. The van der Waals surface area contributed by atoms with Gasteiger partial charge < -0.3 is 44.8 Å². The first-order valence-electron chi connectivity index (χ1n) is 23.6. The van der Waals surface area contributed by atoms with E-state index in [1.54, 1.807) is 28.6 Å². The summed E-state index contributed by atoms with van der Waals surface area (Å²) in [4.78, 5) is 60.5. The lowest BCUT2D eigenvalue weighted by Crippen LogP contribution is -2.54. The molecule has 2 aromatic carbocycles. The molecule has 18 heteroatoms. The molecule has 7 heterocycles. The molecule has 3 aliphatic rings. The number of methoxy groups -OCH3 is 2. The van der Waals surface area contributed by atoms with Crippen LogP contribution in [0.15, 0.2) is 60.9 Å². The summed E-state index contributed by atoms with van der Waals surface area (Å²) in [7, 11) is 2.58. The van der Waals surface area contributed by atoms with Gasteiger partial charge in [0, 0.05) is 34.5 Å². The maximum atomic E-state index is 16.9. The van der Waals surface area contributed by atoms with Crippen molar-refractivity contribution in [2.24, 2.45) is 11.8 Å². The summed E-state index contributed by atoms with van der Waals surface area (Å²) >= 11 is 1.69. The van der Waals surface area contributed by atoms with Gasteiger partial charge in [-0.05, 0) is 86.4 Å². The number of aliphatic hydroxyl groups excluding tert-OH is 1. The van der Waals surface area contributed by atoms with Crippen molar-refractivity contribution in [3.63, 3.8) is 0 Å². The zero-order chi connectivity index (χ0) is 48.0. The van der Waals surface area contributed by atoms with Crippen LogP contribution in [-0.2, 0) is 20.7 Å². The summed E-state index contributed by atoms with van der Waals surface area (Å²) in [5, 5.41) is 17.9. The number of aromatic nitrogens is 5. The molecular formula is C50H60FN9O7S. The van der Waals surface area contributed by atoms with E-state index in [1.165, 1.54) is 25.2 Å². The van der Waals surface area contributed by atoms with Crippen molar-refractivity contribution in [1.82, 2.24) is 44.9 Å². The van der Waals surface area contributed by atoms with E-state index in [1.807, 2.05) is 56.9 Å². The molecule has 0 spiro atoms. The van der Waals surface area contributed by atoms with E-state index in [-0.39, 0.29) is 29.8 Å². The largest absolute Gasteiger partial charge is 0.464 e. The molecule has 2 saturated heterocycles. The van der Waals surface area contributed by atoms with Gasteiger partial charge in [0.25, 0.3) is 0 Å². The minimum absolute atomic E-state index is 0.0515. The Balaban J connectivity index is 1.03. The molecule has 68 heavy (non-hydrogen) atoms. The van der Waals surface area contributed by atoms with Crippen molar-refractivity contribution >= 4 is 40.3 Å². The molecule has 9 rings (SSSR count). The number of aryl methyl sites for hydroxylation is 1. The zero-order valence-electron chi connectivity index (χ0n) is 39.5. The summed E-state index contributed by atoms with van der Waals surface area (Å²) < 4.78 is 35.5. The number of hydrogen-bond acceptors (Lipinski definition) is 11. The van der Waals surface area contributed by atoms with Gasteiger partial charge in [0.15, 0.2) is 0 Å². The zero-order valence-corrected chi connectivity index (χ0v) is 40.3. The molecule has 0 radical (unpaired) electrons. The number of alkyl carbamates (subject to hydrolysis) is 2. The summed E-state index contributed by atoms with van der Waals surface area (Å²) in [6, 6.07) is 13.9. The number of amides is 3. The van der Waals surface area contributed by atoms with Crippen LogP contribution in [0.5, 0.6) is 5.75 Å². The van der Waals surface area contributed by atoms with Gasteiger partial charge in [-0.3, -0.25) is 14.3 Å². The van der Waals surface area contributed by atoms with E-state index in [2.05, 4.69) is 50.3 Å². The topological polar surface area (TPSA) is 192 Å². The lowest BCUT2D eigenvalue weighted by Gasteiger charge is -2.35. The van der Waals surface area contributed by atoms with E-state index in [0.717, 1.165) is 65.0 Å². The Bertz CT molecular complexity index is 2810. The highest BCUT2D eigenvalue weighted by Gasteiger charge is 2.40. The summed E-state index contributed by atoms with van der Waals surface area (Å²) in [6.07, 6.45) is 5.72. The van der Waals surface area contributed by atoms with Crippen LogP contribution in [0.2, 0.25) is 0 Å². The number of likely N-dealkylation sites (tertiary alicyclic amines) is 2. The summed E-state index contributed by atoms with van der Waals surface area (Å²) in [6.45, 7) is 11.0. The van der Waals surface area contributed by atoms with E-state index in [9.17, 15) is 19.5 Å². The van der Waals surface area contributed by atoms with E-state index in [0.29, 0.717) is 53.6 Å². The monoisotopic (exact) mass is 949 g/mol. The van der Waals surface area contributed by atoms with E-state index < -0.39 is 42.5 Å². The predicted octanol–water partition coefficient (Wildman–Crippen LogP) is 9.06. The predicted molar refractivity (Wildman–Crippen MR) is 256 cm³/mol. The third-order valence-electron chi connectivity index (χ3n) is 13.6. The number of fused-ring (bicyclic) bond motifs is 5. The lowest BCUT2D eigenvalue weighted by molar-refractivity contribution is -0.135. The minimum atomic E-state index is -0.950. The Morgan fingerprint density at radius 2 is 1.57 bits per heavy atom. The van der Waals surface area contributed by atoms with Gasteiger partial charge in [-0.1, -0.05) is 47.1 Å².